The molecular weight excluding hydrogens is 351 g/mol. The summed E-state index contributed by atoms with van der Waals surface area (Å²) < 4.78 is 39.8. The Hall–Kier alpha value is -2.35. The predicted octanol–water partition coefficient (Wildman–Crippen LogP) is 4.60. The maximum absolute atomic E-state index is 13.3. The van der Waals surface area contributed by atoms with Gasteiger partial charge in [0.25, 0.3) is 0 Å². The maximum atomic E-state index is 13.3. The lowest BCUT2D eigenvalue weighted by Crippen LogP contribution is -2.33. The topological polar surface area (TPSA) is 58.4 Å². The van der Waals surface area contributed by atoms with Crippen molar-refractivity contribution in [3.63, 3.8) is 0 Å². The molecule has 0 unspecified atom stereocenters. The van der Waals surface area contributed by atoms with E-state index in [1.165, 1.54) is 11.0 Å². The van der Waals surface area contributed by atoms with Crippen LogP contribution in [0.15, 0.2) is 41.3 Å². The zero-order chi connectivity index (χ0) is 18.2. The highest BCUT2D eigenvalue weighted by molar-refractivity contribution is 7.98. The van der Waals surface area contributed by atoms with Crippen molar-refractivity contribution in [1.82, 2.24) is 0 Å². The van der Waals surface area contributed by atoms with Gasteiger partial charge in [-0.15, -0.1) is 11.8 Å². The fourth-order valence-electron chi connectivity index (χ4n) is 2.82. The fraction of sp³-hybridized carbons (Fsp3) is 0.235. The van der Waals surface area contributed by atoms with Crippen LogP contribution in [0.2, 0.25) is 0 Å². The summed E-state index contributed by atoms with van der Waals surface area (Å²) >= 11 is 1.05. The summed E-state index contributed by atoms with van der Waals surface area (Å²) in [5.74, 6) is 0. The first-order chi connectivity index (χ1) is 11.8. The van der Waals surface area contributed by atoms with Gasteiger partial charge in [-0.1, -0.05) is 6.07 Å². The number of thioether (sulfide) groups is 1. The number of anilines is 3. The number of nitrogens with two attached hydrogens (primary N) is 1. The molecule has 2 aromatic carbocycles. The molecule has 1 aliphatic heterocycles. The van der Waals surface area contributed by atoms with Gasteiger partial charge in [0.05, 0.1) is 5.56 Å². The molecule has 4 nitrogen and oxygen atoms in total. The molecular formula is C17H16F3N3OS. The van der Waals surface area contributed by atoms with Crippen molar-refractivity contribution in [2.24, 2.45) is 0 Å². The van der Waals surface area contributed by atoms with Crippen LogP contribution in [-0.2, 0) is 12.6 Å². The van der Waals surface area contributed by atoms with E-state index < -0.39 is 17.8 Å². The van der Waals surface area contributed by atoms with Gasteiger partial charge in [0.1, 0.15) is 0 Å². The second kappa shape index (κ2) is 6.51. The summed E-state index contributed by atoms with van der Waals surface area (Å²) in [7, 11) is 0. The summed E-state index contributed by atoms with van der Waals surface area (Å²) in [5.41, 5.74) is 6.97. The van der Waals surface area contributed by atoms with E-state index in [-0.39, 0.29) is 4.90 Å². The number of rotatable bonds is 2. The molecule has 3 N–H and O–H groups in total. The molecule has 2 aromatic rings. The number of urea groups is 1. The van der Waals surface area contributed by atoms with E-state index in [0.717, 1.165) is 23.4 Å². The number of halogens is 3. The van der Waals surface area contributed by atoms with Crippen molar-refractivity contribution in [2.45, 2.75) is 17.5 Å². The van der Waals surface area contributed by atoms with E-state index in [1.54, 1.807) is 30.5 Å². The fourth-order valence-corrected chi connectivity index (χ4v) is 3.48. The van der Waals surface area contributed by atoms with E-state index in [2.05, 4.69) is 5.32 Å². The predicted molar refractivity (Wildman–Crippen MR) is 94.1 cm³/mol. The highest BCUT2D eigenvalue weighted by Gasteiger charge is 2.36. The molecule has 3 rings (SSSR count). The first-order valence-corrected chi connectivity index (χ1v) is 8.74. The third-order valence-electron chi connectivity index (χ3n) is 3.98. The van der Waals surface area contributed by atoms with E-state index in [4.69, 9.17) is 5.73 Å². The number of nitrogen functional groups attached to an aromatic ring is 1. The molecule has 0 saturated carbocycles. The molecule has 0 spiro atoms. The Morgan fingerprint density at radius 3 is 2.68 bits per heavy atom. The summed E-state index contributed by atoms with van der Waals surface area (Å²) in [5, 5.41) is 2.67. The lowest BCUT2D eigenvalue weighted by atomic mass is 10.1. The molecule has 1 aliphatic rings. The van der Waals surface area contributed by atoms with Crippen LogP contribution in [0.1, 0.15) is 11.1 Å². The van der Waals surface area contributed by atoms with Crippen LogP contribution in [0.5, 0.6) is 0 Å². The van der Waals surface area contributed by atoms with E-state index in [1.807, 2.05) is 0 Å². The largest absolute Gasteiger partial charge is 0.417 e. The summed E-state index contributed by atoms with van der Waals surface area (Å²) in [6, 6.07) is 8.74. The van der Waals surface area contributed by atoms with Crippen molar-refractivity contribution >= 4 is 34.9 Å². The number of alkyl halides is 3. The Labute approximate surface area is 147 Å². The molecule has 132 valence electrons. The van der Waals surface area contributed by atoms with E-state index in [0.29, 0.717) is 30.0 Å². The second-order valence-corrected chi connectivity index (χ2v) is 6.48. The SMILES string of the molecule is CSc1cc2c(cc1C(F)(F)F)N(C(=O)Nc1cccc(N)c1)CC2. The van der Waals surface area contributed by atoms with Crippen molar-refractivity contribution < 1.29 is 18.0 Å². The zero-order valence-electron chi connectivity index (χ0n) is 13.4. The maximum Gasteiger partial charge on any atom is 0.417 e. The Morgan fingerprint density at radius 2 is 2.04 bits per heavy atom. The van der Waals surface area contributed by atoms with Crippen LogP contribution in [0.3, 0.4) is 0 Å². The van der Waals surface area contributed by atoms with Crippen molar-refractivity contribution in [2.75, 3.05) is 28.8 Å². The number of carbonyl (C=O) groups is 1. The molecule has 0 atom stereocenters. The second-order valence-electron chi connectivity index (χ2n) is 5.64. The number of hydrogen-bond donors (Lipinski definition) is 2. The lowest BCUT2D eigenvalue weighted by Gasteiger charge is -2.20. The molecule has 1 heterocycles. The molecule has 2 amide bonds. The minimum Gasteiger partial charge on any atom is -0.399 e. The minimum absolute atomic E-state index is 0.171. The number of nitrogens with one attached hydrogen (secondary N) is 1. The first-order valence-electron chi connectivity index (χ1n) is 7.52. The van der Waals surface area contributed by atoms with E-state index in [9.17, 15) is 18.0 Å². The quantitative estimate of drug-likeness (QED) is 0.602. The molecule has 25 heavy (non-hydrogen) atoms. The molecule has 8 heteroatoms. The molecule has 0 saturated heterocycles. The van der Waals surface area contributed by atoms with Gasteiger partial charge in [0, 0.05) is 28.5 Å². The zero-order valence-corrected chi connectivity index (χ0v) is 14.2. The Bertz CT molecular complexity index is 823. The molecule has 0 fully saturated rings. The average molecular weight is 367 g/mol. The van der Waals surface area contributed by atoms with Crippen molar-refractivity contribution in [3.8, 4) is 0 Å². The van der Waals surface area contributed by atoms with Gasteiger partial charge in [0.2, 0.25) is 0 Å². The number of fused-ring (bicyclic) bond motifs is 1. The smallest absolute Gasteiger partial charge is 0.399 e. The summed E-state index contributed by atoms with van der Waals surface area (Å²) in [6.07, 6.45) is -2.34. The van der Waals surface area contributed by atoms with Crippen LogP contribution in [0, 0.1) is 0 Å². The standard InChI is InChI=1S/C17H16F3N3OS/c1-25-15-7-10-5-6-23(14(10)9-13(15)17(18,19)20)16(24)22-12-4-2-3-11(21)8-12/h2-4,7-9H,5-6,21H2,1H3,(H,22,24). The Morgan fingerprint density at radius 1 is 1.28 bits per heavy atom. The van der Waals surface area contributed by atoms with Gasteiger partial charge in [-0.3, -0.25) is 4.90 Å². The Balaban J connectivity index is 1.91. The minimum atomic E-state index is -4.47. The van der Waals surface area contributed by atoms with Gasteiger partial charge in [-0.05, 0) is 48.6 Å². The first kappa shape index (κ1) is 17.5. The lowest BCUT2D eigenvalue weighted by molar-refractivity contribution is -0.139. The van der Waals surface area contributed by atoms with Gasteiger partial charge in [0.15, 0.2) is 0 Å². The van der Waals surface area contributed by atoms with Crippen molar-refractivity contribution in [1.29, 1.82) is 0 Å². The molecule has 0 bridgehead atoms. The van der Waals surface area contributed by atoms with Crippen LogP contribution in [0.25, 0.3) is 0 Å². The van der Waals surface area contributed by atoms with Gasteiger partial charge in [-0.2, -0.15) is 13.2 Å². The molecule has 0 aliphatic carbocycles. The number of benzene rings is 2. The monoisotopic (exact) mass is 367 g/mol. The Kier molecular flexibility index (Phi) is 4.55. The van der Waals surface area contributed by atoms with Gasteiger partial charge >= 0.3 is 12.2 Å². The number of amides is 2. The average Bonchev–Trinajstić information content (AvgIpc) is 2.95. The third-order valence-corrected chi connectivity index (χ3v) is 4.76. The number of carbonyl (C=O) groups excluding carboxylic acids is 1. The van der Waals surface area contributed by atoms with Crippen LogP contribution < -0.4 is 16.0 Å². The van der Waals surface area contributed by atoms with Crippen LogP contribution in [-0.4, -0.2) is 18.8 Å². The normalized spacial score (nSPS) is 13.7. The highest BCUT2D eigenvalue weighted by atomic mass is 32.2. The molecule has 0 radical (unpaired) electrons. The highest BCUT2D eigenvalue weighted by Crippen LogP contribution is 2.42. The number of hydrogen-bond acceptors (Lipinski definition) is 3. The molecule has 0 aromatic heterocycles. The van der Waals surface area contributed by atoms with Gasteiger partial charge in [-0.25, -0.2) is 4.79 Å². The third kappa shape index (κ3) is 3.53. The summed E-state index contributed by atoms with van der Waals surface area (Å²) in [6.45, 7) is 0.332. The number of nitrogens with zero attached hydrogens (tertiary/aromatic N) is 1. The van der Waals surface area contributed by atoms with Gasteiger partial charge < -0.3 is 11.1 Å². The van der Waals surface area contributed by atoms with Crippen LogP contribution in [0.4, 0.5) is 35.0 Å². The van der Waals surface area contributed by atoms with Crippen LogP contribution >= 0.6 is 11.8 Å². The van der Waals surface area contributed by atoms with Crippen molar-refractivity contribution in [3.05, 3.63) is 47.5 Å². The summed E-state index contributed by atoms with van der Waals surface area (Å²) in [4.78, 5) is 14.0. The van der Waals surface area contributed by atoms with E-state index >= 15 is 0 Å².